The minimum atomic E-state index is -2.21. The molecule has 0 saturated carbocycles. The van der Waals surface area contributed by atoms with Crippen LogP contribution in [-0.2, 0) is 9.47 Å². The Bertz CT molecular complexity index is 420. The van der Waals surface area contributed by atoms with E-state index in [1.807, 2.05) is 0 Å². The van der Waals surface area contributed by atoms with Gasteiger partial charge in [0.15, 0.2) is 5.79 Å². The predicted molar refractivity (Wildman–Crippen MR) is 46.9 cm³/mol. The van der Waals surface area contributed by atoms with Crippen LogP contribution in [0, 0.1) is 0 Å². The molecule has 1 heterocycles. The fourth-order valence-corrected chi connectivity index (χ4v) is 1.20. The molecule has 1 aliphatic heterocycles. The number of hydrogen-bond donors (Lipinski definition) is 0. The second-order valence-electron chi connectivity index (χ2n) is 2.95. The first-order valence-corrected chi connectivity index (χ1v) is 3.88. The van der Waals surface area contributed by atoms with Gasteiger partial charge in [0.2, 0.25) is 0 Å². The molecular weight excluding hydrogens is 176 g/mol. The van der Waals surface area contributed by atoms with Gasteiger partial charge in [-0.25, -0.2) is 0 Å². The summed E-state index contributed by atoms with van der Waals surface area (Å²) in [6.07, 6.45) is -4.38. The second kappa shape index (κ2) is 2.59. The van der Waals surface area contributed by atoms with Crippen LogP contribution in [0.2, 0.25) is 0 Å². The van der Waals surface area contributed by atoms with Crippen LogP contribution in [0.5, 0.6) is 0 Å². The number of fused-ring (bicyclic) bond motifs is 1. The minimum absolute atomic E-state index is 0.404. The van der Waals surface area contributed by atoms with Gasteiger partial charge < -0.3 is 9.47 Å². The maximum atomic E-state index is 8.06. The summed E-state index contributed by atoms with van der Waals surface area (Å²) in [5, 5.41) is -0.404. The Hall–Kier alpha value is -0.310. The molecule has 3 heteroatoms. The van der Waals surface area contributed by atoms with E-state index in [0.717, 1.165) is 0 Å². The maximum absolute atomic E-state index is 8.06. The van der Waals surface area contributed by atoms with Crippen molar-refractivity contribution in [3.05, 3.63) is 23.2 Å². The van der Waals surface area contributed by atoms with Crippen molar-refractivity contribution < 1.29 is 16.3 Å². The van der Waals surface area contributed by atoms with Crippen molar-refractivity contribution in [1.82, 2.24) is 0 Å². The summed E-state index contributed by atoms with van der Waals surface area (Å²) in [4.78, 5) is 0. The normalized spacial score (nSPS) is 58.4. The van der Waals surface area contributed by atoms with Crippen molar-refractivity contribution in [3.63, 3.8) is 0 Å². The smallest absolute Gasteiger partial charge is 0.164 e. The molecule has 2 aliphatic rings. The summed E-state index contributed by atoms with van der Waals surface area (Å²) < 4.78 is 49.4. The van der Waals surface area contributed by atoms with Crippen LogP contribution in [0.25, 0.3) is 0 Å². The largest absolute Gasteiger partial charge is 0.340 e. The van der Waals surface area contributed by atoms with Crippen LogP contribution in [-0.4, -0.2) is 17.9 Å². The number of rotatable bonds is 0. The summed E-state index contributed by atoms with van der Waals surface area (Å²) in [5.74, 6) is -1.28. The van der Waals surface area contributed by atoms with Crippen molar-refractivity contribution in [3.8, 4) is 0 Å². The fourth-order valence-electron chi connectivity index (χ4n) is 1.03. The van der Waals surface area contributed by atoms with E-state index in [9.17, 15) is 0 Å². The van der Waals surface area contributed by atoms with Crippen molar-refractivity contribution >= 4 is 11.6 Å². The van der Waals surface area contributed by atoms with Crippen molar-refractivity contribution in [2.24, 2.45) is 0 Å². The lowest BCUT2D eigenvalue weighted by molar-refractivity contribution is -0.139. The highest BCUT2D eigenvalue weighted by Crippen LogP contribution is 2.35. The van der Waals surface area contributed by atoms with Gasteiger partial charge in [-0.1, -0.05) is 23.7 Å². The van der Waals surface area contributed by atoms with Gasteiger partial charge >= 0.3 is 0 Å². The fraction of sp³-hybridized carbons (Fsp3) is 0.556. The molecule has 0 aromatic carbocycles. The van der Waals surface area contributed by atoms with Crippen LogP contribution in [0.15, 0.2) is 23.2 Å². The highest BCUT2D eigenvalue weighted by Gasteiger charge is 2.42. The molecule has 0 aromatic rings. The van der Waals surface area contributed by atoms with E-state index >= 15 is 0 Å². The molecule has 1 saturated heterocycles. The first-order chi connectivity index (χ1) is 7.55. The Morgan fingerprint density at radius 2 is 2.42 bits per heavy atom. The van der Waals surface area contributed by atoms with E-state index in [1.54, 1.807) is 0 Å². The molecule has 0 bridgehead atoms. The molecule has 66 valence electrons. The van der Waals surface area contributed by atoms with Gasteiger partial charge in [0, 0.05) is 5.03 Å². The lowest BCUT2D eigenvalue weighted by Crippen LogP contribution is -2.22. The van der Waals surface area contributed by atoms with E-state index in [2.05, 4.69) is 0 Å². The van der Waals surface area contributed by atoms with Gasteiger partial charge in [0.25, 0.3) is 0 Å². The van der Waals surface area contributed by atoms with E-state index < -0.39 is 41.1 Å². The predicted octanol–water partition coefficient (Wildman–Crippen LogP) is 2.20. The van der Waals surface area contributed by atoms with Gasteiger partial charge in [0.1, 0.15) is 12.2 Å². The zero-order valence-electron chi connectivity index (χ0n) is 11.7. The van der Waals surface area contributed by atoms with Crippen LogP contribution in [0.1, 0.15) is 20.7 Å². The maximum Gasteiger partial charge on any atom is 0.164 e. The third-order valence-corrected chi connectivity index (χ3v) is 1.72. The number of hydrogen-bond acceptors (Lipinski definition) is 2. The molecule has 0 amide bonds. The highest BCUT2D eigenvalue weighted by atomic mass is 35.5. The molecule has 2 rings (SSSR count). The third-order valence-electron chi connectivity index (χ3n) is 1.45. The molecule has 2 nitrogen and oxygen atoms in total. The molecule has 0 unspecified atom stereocenters. The molecule has 1 aliphatic carbocycles. The minimum Gasteiger partial charge on any atom is -0.340 e. The lowest BCUT2D eigenvalue weighted by Gasteiger charge is -2.16. The average Bonchev–Trinajstić information content (AvgIpc) is 2.41. The number of halogens is 1. The van der Waals surface area contributed by atoms with Crippen molar-refractivity contribution in [2.45, 2.75) is 31.8 Å². The Morgan fingerprint density at radius 3 is 3.17 bits per heavy atom. The second-order valence-corrected chi connectivity index (χ2v) is 3.33. The standard InChI is InChI=1S/C9H11ClO2/c1-9(2)11-7-5-3-4-6(10)8(7)12-9/h3-5,7-8H,1-2H3/t7-,8+/m0/s1/i3D,4D,5D,7D,8D. The van der Waals surface area contributed by atoms with Gasteiger partial charge in [-0.2, -0.15) is 0 Å². The van der Waals surface area contributed by atoms with Gasteiger partial charge in [-0.15, -0.1) is 0 Å². The van der Waals surface area contributed by atoms with Gasteiger partial charge in [-0.05, 0) is 19.9 Å². The SMILES string of the molecule is [2H]C1=C([2H])[C@]2([2H])OC(C)(C)O[C@]2([2H])C(Cl)=C1[2H]. The summed E-state index contributed by atoms with van der Waals surface area (Å²) in [7, 11) is 0. The summed E-state index contributed by atoms with van der Waals surface area (Å²) >= 11 is 5.83. The number of allylic oxidation sites excluding steroid dienone is 2. The quantitative estimate of drug-likeness (QED) is 0.585. The van der Waals surface area contributed by atoms with E-state index in [1.165, 1.54) is 13.8 Å². The molecule has 12 heavy (non-hydrogen) atoms. The van der Waals surface area contributed by atoms with Gasteiger partial charge in [-0.3, -0.25) is 0 Å². The highest BCUT2D eigenvalue weighted by molar-refractivity contribution is 6.30. The van der Waals surface area contributed by atoms with Crippen LogP contribution < -0.4 is 0 Å². The van der Waals surface area contributed by atoms with Crippen molar-refractivity contribution in [2.75, 3.05) is 0 Å². The summed E-state index contributed by atoms with van der Waals surface area (Å²) in [5.41, 5.74) is 0. The molecule has 1 fully saturated rings. The first-order valence-electron chi connectivity index (χ1n) is 6.01. The topological polar surface area (TPSA) is 18.5 Å². The third kappa shape index (κ3) is 1.30. The van der Waals surface area contributed by atoms with Gasteiger partial charge in [0.05, 0.1) is 6.85 Å². The Morgan fingerprint density at radius 1 is 1.67 bits per heavy atom. The Kier molecular flexibility index (Phi) is 0.921. The molecule has 2 atom stereocenters. The molecule has 0 aromatic heterocycles. The molecule has 0 spiro atoms. The Labute approximate surface area is 83.8 Å². The molecular formula is C9H11ClO2. The zero-order chi connectivity index (χ0) is 13.2. The molecule has 0 N–H and O–H groups in total. The van der Waals surface area contributed by atoms with Crippen LogP contribution in [0.4, 0.5) is 0 Å². The molecule has 0 radical (unpaired) electrons. The van der Waals surface area contributed by atoms with E-state index in [4.69, 9.17) is 27.9 Å². The monoisotopic (exact) mass is 191 g/mol. The number of ether oxygens (including phenoxy) is 2. The summed E-state index contributed by atoms with van der Waals surface area (Å²) in [6, 6.07) is -1.59. The first kappa shape index (κ1) is 4.27. The zero-order valence-corrected chi connectivity index (χ0v) is 7.45. The van der Waals surface area contributed by atoms with E-state index in [-0.39, 0.29) is 0 Å². The van der Waals surface area contributed by atoms with E-state index in [0.29, 0.717) is 0 Å². The lowest BCUT2D eigenvalue weighted by atomic mass is 10.1. The Balaban J connectivity index is 2.70. The average molecular weight is 192 g/mol. The van der Waals surface area contributed by atoms with Crippen LogP contribution in [0.3, 0.4) is 0 Å². The van der Waals surface area contributed by atoms with Crippen LogP contribution >= 0.6 is 11.6 Å². The summed E-state index contributed by atoms with van der Waals surface area (Å²) in [6.45, 7) is 2.98. The van der Waals surface area contributed by atoms with Crippen molar-refractivity contribution in [1.29, 1.82) is 0 Å².